The number of sulfone groups is 1. The summed E-state index contributed by atoms with van der Waals surface area (Å²) in [5.41, 5.74) is -0.988. The third kappa shape index (κ3) is 3.45. The van der Waals surface area contributed by atoms with E-state index in [1.165, 1.54) is 6.92 Å². The lowest BCUT2D eigenvalue weighted by Crippen LogP contribution is -2.60. The topological polar surface area (TPSA) is 78.9 Å². The summed E-state index contributed by atoms with van der Waals surface area (Å²) in [6, 6.07) is 8.32. The van der Waals surface area contributed by atoms with Crippen LogP contribution in [0.5, 0.6) is 0 Å². The Bertz CT molecular complexity index is 746. The van der Waals surface area contributed by atoms with Crippen LogP contribution >= 0.6 is 0 Å². The lowest BCUT2D eigenvalue weighted by atomic mass is 9.71. The number of carbonyl (C=O) groups is 1. The summed E-state index contributed by atoms with van der Waals surface area (Å²) < 4.78 is 31.0. The van der Waals surface area contributed by atoms with Gasteiger partial charge in [0.05, 0.1) is 10.6 Å². The average molecular weight is 368 g/mol. The minimum absolute atomic E-state index is 0.0112. The molecule has 1 aliphatic heterocycles. The van der Waals surface area contributed by atoms with E-state index < -0.39 is 27.2 Å². The Kier molecular flexibility index (Phi) is 4.68. The monoisotopic (exact) mass is 368 g/mol. The number of benzene rings is 1. The zero-order valence-electron chi connectivity index (χ0n) is 14.7. The molecule has 4 unspecified atom stereocenters. The predicted octanol–water partition coefficient (Wildman–Crippen LogP) is 2.88. The van der Waals surface area contributed by atoms with Gasteiger partial charge < -0.3 is 4.74 Å². The second-order valence-corrected chi connectivity index (χ2v) is 9.33. The van der Waals surface area contributed by atoms with Gasteiger partial charge in [0.15, 0.2) is 9.84 Å². The molecule has 1 saturated carbocycles. The van der Waals surface area contributed by atoms with E-state index >= 15 is 0 Å². The summed E-state index contributed by atoms with van der Waals surface area (Å²) >= 11 is 0. The van der Waals surface area contributed by atoms with Crippen molar-refractivity contribution in [2.24, 2.45) is 11.8 Å². The normalized spacial score (nSPS) is 35.2. The number of ether oxygens (including phenoxy) is 1. The van der Waals surface area contributed by atoms with Crippen molar-refractivity contribution >= 4 is 15.8 Å². The van der Waals surface area contributed by atoms with E-state index in [1.807, 2.05) is 6.92 Å². The van der Waals surface area contributed by atoms with Crippen molar-refractivity contribution in [3.63, 3.8) is 0 Å². The molecule has 1 aliphatic carbocycles. The molecule has 0 N–H and O–H groups in total. The molecule has 7 heteroatoms. The van der Waals surface area contributed by atoms with Crippen molar-refractivity contribution in [2.75, 3.05) is 5.75 Å². The van der Waals surface area contributed by atoms with Crippen LogP contribution in [0.2, 0.25) is 0 Å². The van der Waals surface area contributed by atoms with Crippen molar-refractivity contribution in [3.8, 4) is 0 Å². The molecular weight excluding hydrogens is 344 g/mol. The first-order chi connectivity index (χ1) is 11.7. The highest BCUT2D eigenvalue weighted by Crippen LogP contribution is 2.50. The Balaban J connectivity index is 1.84. The van der Waals surface area contributed by atoms with Gasteiger partial charge in [-0.3, -0.25) is 4.79 Å². The Morgan fingerprint density at radius 2 is 1.92 bits per heavy atom. The van der Waals surface area contributed by atoms with Crippen molar-refractivity contribution in [3.05, 3.63) is 30.3 Å². The molecule has 0 aromatic heterocycles. The highest BCUT2D eigenvalue weighted by Gasteiger charge is 2.58. The van der Waals surface area contributed by atoms with Gasteiger partial charge in [-0.15, -0.1) is 0 Å². The number of carbonyl (C=O) groups excluding carboxylic acids is 1. The second-order valence-electron chi connectivity index (χ2n) is 7.34. The molecule has 1 saturated heterocycles. The molecule has 1 heterocycles. The first-order valence-electron chi connectivity index (χ1n) is 8.51. The molecule has 2 bridgehead atoms. The standard InChI is InChI=1S/C18H24O6S/c1-13-9-10-15-11-18(13,22-14(2)19)24-23-17(15,3)12-25(20,21)16-7-5-4-6-8-16/h4-8,13,15H,9-12H2,1-3H3. The third-order valence-corrected chi connectivity index (χ3v) is 7.31. The summed E-state index contributed by atoms with van der Waals surface area (Å²) in [5.74, 6) is -1.82. The van der Waals surface area contributed by atoms with Crippen molar-refractivity contribution in [1.29, 1.82) is 0 Å². The highest BCUT2D eigenvalue weighted by atomic mass is 32.2. The molecule has 4 atom stereocenters. The maximum absolute atomic E-state index is 12.8. The van der Waals surface area contributed by atoms with Crippen LogP contribution in [0.15, 0.2) is 35.2 Å². The van der Waals surface area contributed by atoms with Crippen LogP contribution in [-0.4, -0.2) is 31.5 Å². The Morgan fingerprint density at radius 1 is 1.24 bits per heavy atom. The summed E-state index contributed by atoms with van der Waals surface area (Å²) in [6.45, 7) is 5.04. The fraction of sp³-hybridized carbons (Fsp3) is 0.611. The van der Waals surface area contributed by atoms with E-state index in [2.05, 4.69) is 0 Å². The molecule has 25 heavy (non-hydrogen) atoms. The number of hydrogen-bond acceptors (Lipinski definition) is 6. The molecule has 1 aromatic carbocycles. The highest BCUT2D eigenvalue weighted by molar-refractivity contribution is 7.91. The van der Waals surface area contributed by atoms with Crippen molar-refractivity contribution in [1.82, 2.24) is 0 Å². The minimum Gasteiger partial charge on any atom is -0.430 e. The lowest BCUT2D eigenvalue weighted by Gasteiger charge is -2.52. The van der Waals surface area contributed by atoms with E-state index in [0.29, 0.717) is 6.42 Å². The van der Waals surface area contributed by atoms with E-state index in [9.17, 15) is 13.2 Å². The van der Waals surface area contributed by atoms with Gasteiger partial charge >= 0.3 is 5.97 Å². The SMILES string of the molecule is CC(=O)OC12CC(CCC1C)C(C)(CS(=O)(=O)c1ccccc1)OO2. The quantitative estimate of drug-likeness (QED) is 0.601. The maximum Gasteiger partial charge on any atom is 0.305 e. The van der Waals surface area contributed by atoms with Gasteiger partial charge in [0.2, 0.25) is 5.79 Å². The van der Waals surface area contributed by atoms with Crippen LogP contribution in [0.25, 0.3) is 0 Å². The number of hydrogen-bond donors (Lipinski definition) is 0. The number of esters is 1. The average Bonchev–Trinajstić information content (AvgIpc) is 2.55. The van der Waals surface area contributed by atoms with E-state index in [0.717, 1.165) is 12.8 Å². The Labute approximate surface area is 148 Å². The predicted molar refractivity (Wildman–Crippen MR) is 90.1 cm³/mol. The summed E-state index contributed by atoms with van der Waals surface area (Å²) in [5, 5.41) is 0. The van der Waals surface area contributed by atoms with Crippen LogP contribution in [0.3, 0.4) is 0 Å². The van der Waals surface area contributed by atoms with E-state index in [-0.39, 0.29) is 22.5 Å². The molecule has 0 radical (unpaired) electrons. The first kappa shape index (κ1) is 18.4. The molecule has 1 aromatic rings. The van der Waals surface area contributed by atoms with Gasteiger partial charge in [-0.05, 0) is 37.8 Å². The number of rotatable bonds is 4. The van der Waals surface area contributed by atoms with Gasteiger partial charge in [0, 0.05) is 19.3 Å². The molecule has 3 rings (SSSR count). The largest absolute Gasteiger partial charge is 0.430 e. The van der Waals surface area contributed by atoms with Gasteiger partial charge in [-0.2, -0.15) is 4.89 Å². The molecule has 138 valence electrons. The molecule has 0 amide bonds. The molecule has 2 fully saturated rings. The smallest absolute Gasteiger partial charge is 0.305 e. The molecule has 6 nitrogen and oxygen atoms in total. The van der Waals surface area contributed by atoms with Gasteiger partial charge in [-0.25, -0.2) is 13.3 Å². The van der Waals surface area contributed by atoms with E-state index in [4.69, 9.17) is 14.5 Å². The summed E-state index contributed by atoms with van der Waals surface area (Å²) in [4.78, 5) is 22.9. The molecule has 2 aliphatic rings. The Morgan fingerprint density at radius 3 is 2.56 bits per heavy atom. The van der Waals surface area contributed by atoms with E-state index in [1.54, 1.807) is 37.3 Å². The zero-order chi connectivity index (χ0) is 18.3. The lowest BCUT2D eigenvalue weighted by molar-refractivity contribution is -0.507. The van der Waals surface area contributed by atoms with Crippen LogP contribution in [0.1, 0.15) is 40.0 Å². The van der Waals surface area contributed by atoms with Crippen LogP contribution in [0.4, 0.5) is 0 Å². The van der Waals surface area contributed by atoms with Gasteiger partial charge in [0.25, 0.3) is 0 Å². The fourth-order valence-corrected chi connectivity index (χ4v) is 5.60. The Hall–Kier alpha value is -1.44. The van der Waals surface area contributed by atoms with Crippen LogP contribution < -0.4 is 0 Å². The molecule has 0 spiro atoms. The maximum atomic E-state index is 12.8. The first-order valence-corrected chi connectivity index (χ1v) is 10.2. The summed E-state index contributed by atoms with van der Waals surface area (Å²) in [7, 11) is -3.52. The number of fused-ring (bicyclic) bond motifs is 2. The van der Waals surface area contributed by atoms with Crippen molar-refractivity contribution in [2.45, 2.75) is 56.3 Å². The van der Waals surface area contributed by atoms with Crippen LogP contribution in [-0.2, 0) is 29.1 Å². The van der Waals surface area contributed by atoms with Gasteiger partial charge in [-0.1, -0.05) is 25.1 Å². The van der Waals surface area contributed by atoms with Gasteiger partial charge in [0.1, 0.15) is 5.60 Å². The third-order valence-electron chi connectivity index (χ3n) is 5.36. The second kappa shape index (κ2) is 6.37. The van der Waals surface area contributed by atoms with Crippen molar-refractivity contribution < 1.29 is 27.7 Å². The zero-order valence-corrected chi connectivity index (χ0v) is 15.5. The van der Waals surface area contributed by atoms with Crippen LogP contribution in [0, 0.1) is 11.8 Å². The summed E-state index contributed by atoms with van der Waals surface area (Å²) in [6.07, 6.45) is 2.02. The minimum atomic E-state index is -3.52. The fourth-order valence-electron chi connectivity index (χ4n) is 3.82. The molecular formula is C18H24O6S.